The van der Waals surface area contributed by atoms with Crippen LogP contribution in [-0.2, 0) is 6.54 Å². The highest BCUT2D eigenvalue weighted by Gasteiger charge is 2.26. The number of hydrogen-bond acceptors (Lipinski definition) is 7. The smallest absolute Gasteiger partial charge is 0.167 e. The number of aromatic hydroxyl groups is 1. The van der Waals surface area contributed by atoms with Crippen LogP contribution < -0.4 is 14.2 Å². The molecule has 170 valence electrons. The van der Waals surface area contributed by atoms with Gasteiger partial charge in [-0.05, 0) is 55.3 Å². The van der Waals surface area contributed by atoms with Crippen molar-refractivity contribution in [3.63, 3.8) is 0 Å². The Labute approximate surface area is 188 Å². The van der Waals surface area contributed by atoms with Crippen molar-refractivity contribution in [2.24, 2.45) is 0 Å². The summed E-state index contributed by atoms with van der Waals surface area (Å²) < 4.78 is 21.8. The van der Waals surface area contributed by atoms with Crippen LogP contribution in [0.4, 0.5) is 0 Å². The molecule has 0 unspecified atom stereocenters. The summed E-state index contributed by atoms with van der Waals surface area (Å²) in [4.78, 5) is 2.44. The minimum absolute atomic E-state index is 0.153. The summed E-state index contributed by atoms with van der Waals surface area (Å²) in [6, 6.07) is 13.4. The highest BCUT2D eigenvalue weighted by Crippen LogP contribution is 2.36. The lowest BCUT2D eigenvalue weighted by Gasteiger charge is -2.28. The molecule has 0 saturated carbocycles. The van der Waals surface area contributed by atoms with Gasteiger partial charge in [0.05, 0.1) is 27.4 Å². The monoisotopic (exact) mass is 438 g/mol. The molecule has 0 radical (unpaired) electrons. The third-order valence-electron chi connectivity index (χ3n) is 6.03. The molecule has 2 heterocycles. The Kier molecular flexibility index (Phi) is 6.85. The van der Waals surface area contributed by atoms with Crippen LogP contribution in [0.5, 0.6) is 23.0 Å². The van der Waals surface area contributed by atoms with Crippen LogP contribution in [0.3, 0.4) is 0 Å². The molecule has 1 aromatic heterocycles. The minimum Gasteiger partial charge on any atom is -0.504 e. The van der Waals surface area contributed by atoms with Gasteiger partial charge in [0.1, 0.15) is 5.69 Å². The fourth-order valence-electron chi connectivity index (χ4n) is 4.32. The number of nitrogens with zero attached hydrogens (tertiary/aromatic N) is 2. The van der Waals surface area contributed by atoms with Gasteiger partial charge in [0.25, 0.3) is 0 Å². The fourth-order valence-corrected chi connectivity index (χ4v) is 4.32. The third kappa shape index (κ3) is 4.67. The van der Waals surface area contributed by atoms with E-state index in [2.05, 4.69) is 10.1 Å². The fraction of sp³-hybridized carbons (Fsp3) is 0.400. The van der Waals surface area contributed by atoms with Crippen molar-refractivity contribution in [3.05, 3.63) is 53.7 Å². The van der Waals surface area contributed by atoms with Crippen molar-refractivity contribution >= 4 is 0 Å². The maximum absolute atomic E-state index is 9.92. The zero-order chi connectivity index (χ0) is 22.5. The molecular weight excluding hydrogens is 408 g/mol. The summed E-state index contributed by atoms with van der Waals surface area (Å²) in [5.74, 6) is 2.68. The molecule has 3 aromatic rings. The first-order valence-electron chi connectivity index (χ1n) is 10.9. The molecule has 1 saturated heterocycles. The highest BCUT2D eigenvalue weighted by molar-refractivity contribution is 5.62. The minimum atomic E-state index is 0.153. The van der Waals surface area contributed by atoms with E-state index in [1.165, 1.54) is 6.42 Å². The van der Waals surface area contributed by atoms with Crippen molar-refractivity contribution in [2.75, 3.05) is 27.9 Å². The molecule has 0 amide bonds. The first-order chi connectivity index (χ1) is 15.6. The Hall–Kier alpha value is -3.19. The van der Waals surface area contributed by atoms with E-state index in [1.807, 2.05) is 36.4 Å². The predicted octanol–water partition coefficient (Wildman–Crippen LogP) is 5.19. The summed E-state index contributed by atoms with van der Waals surface area (Å²) in [6.45, 7) is 1.73. The van der Waals surface area contributed by atoms with Gasteiger partial charge in [0.2, 0.25) is 0 Å². The topological polar surface area (TPSA) is 77.2 Å². The summed E-state index contributed by atoms with van der Waals surface area (Å²) in [5.41, 5.74) is 2.92. The first kappa shape index (κ1) is 22.0. The number of methoxy groups -OCH3 is 3. The van der Waals surface area contributed by atoms with Crippen molar-refractivity contribution in [3.8, 4) is 34.3 Å². The van der Waals surface area contributed by atoms with Crippen LogP contribution in [0.1, 0.15) is 43.0 Å². The maximum Gasteiger partial charge on any atom is 0.167 e. The SMILES string of the molecule is COc1cc(CN2CCCCC[C@H]2c2cc(-c3ccc(OC)c(OC)c3)on2)ccc1O. The number of benzene rings is 2. The van der Waals surface area contributed by atoms with Gasteiger partial charge in [-0.25, -0.2) is 0 Å². The molecule has 7 heteroatoms. The van der Waals surface area contributed by atoms with Crippen molar-refractivity contribution in [1.82, 2.24) is 10.1 Å². The molecule has 4 rings (SSSR count). The number of ether oxygens (including phenoxy) is 3. The van der Waals surface area contributed by atoms with Crippen molar-refractivity contribution < 1.29 is 23.8 Å². The van der Waals surface area contributed by atoms with E-state index in [0.29, 0.717) is 23.0 Å². The van der Waals surface area contributed by atoms with Gasteiger partial charge >= 0.3 is 0 Å². The lowest BCUT2D eigenvalue weighted by atomic mass is 10.0. The Bertz CT molecular complexity index is 1050. The molecule has 2 aromatic carbocycles. The van der Waals surface area contributed by atoms with Crippen LogP contribution in [0.25, 0.3) is 11.3 Å². The Morgan fingerprint density at radius 2 is 1.75 bits per heavy atom. The standard InChI is InChI=1S/C25H30N2O5/c1-29-22-11-9-18(14-25(22)31-3)23-15-19(26-32-23)20-7-5-4-6-12-27(20)16-17-8-10-21(28)24(13-17)30-2/h8-11,13-15,20,28H,4-7,12,16H2,1-3H3/t20-/m0/s1. The van der Waals surface area contributed by atoms with Gasteiger partial charge < -0.3 is 23.8 Å². The van der Waals surface area contributed by atoms with E-state index >= 15 is 0 Å². The molecule has 1 N–H and O–H groups in total. The van der Waals surface area contributed by atoms with E-state index in [9.17, 15) is 5.11 Å². The Balaban J connectivity index is 1.59. The first-order valence-corrected chi connectivity index (χ1v) is 10.9. The molecule has 7 nitrogen and oxygen atoms in total. The number of aromatic nitrogens is 1. The number of phenols is 1. The average Bonchev–Trinajstić information content (AvgIpc) is 3.20. The second kappa shape index (κ2) is 9.96. The summed E-state index contributed by atoms with van der Waals surface area (Å²) in [7, 11) is 4.81. The molecular formula is C25H30N2O5. The lowest BCUT2D eigenvalue weighted by molar-refractivity contribution is 0.184. The van der Waals surface area contributed by atoms with Crippen LogP contribution in [0, 0.1) is 0 Å². The molecule has 0 aliphatic carbocycles. The van der Waals surface area contributed by atoms with Crippen LogP contribution in [0.2, 0.25) is 0 Å². The molecule has 1 fully saturated rings. The molecule has 1 atom stereocenters. The highest BCUT2D eigenvalue weighted by atomic mass is 16.5. The van der Waals surface area contributed by atoms with Gasteiger partial charge in [0, 0.05) is 18.2 Å². The van der Waals surface area contributed by atoms with Crippen LogP contribution in [-0.4, -0.2) is 43.0 Å². The second-order valence-corrected chi connectivity index (χ2v) is 8.03. The van der Waals surface area contributed by atoms with Gasteiger partial charge in [-0.3, -0.25) is 4.90 Å². The number of likely N-dealkylation sites (tertiary alicyclic amines) is 1. The quantitative estimate of drug-likeness (QED) is 0.544. The molecule has 0 bridgehead atoms. The molecule has 1 aliphatic rings. The van der Waals surface area contributed by atoms with E-state index < -0.39 is 0 Å². The maximum atomic E-state index is 9.92. The van der Waals surface area contributed by atoms with Gasteiger partial charge in [-0.1, -0.05) is 24.1 Å². The lowest BCUT2D eigenvalue weighted by Crippen LogP contribution is -2.28. The molecule has 0 spiro atoms. The zero-order valence-corrected chi connectivity index (χ0v) is 18.8. The number of hydrogen-bond donors (Lipinski definition) is 1. The van der Waals surface area contributed by atoms with Gasteiger partial charge in [-0.15, -0.1) is 0 Å². The Morgan fingerprint density at radius 1 is 0.938 bits per heavy atom. The number of rotatable bonds is 7. The third-order valence-corrected chi connectivity index (χ3v) is 6.03. The Morgan fingerprint density at radius 3 is 2.53 bits per heavy atom. The van der Waals surface area contributed by atoms with Gasteiger partial charge in [-0.2, -0.15) is 0 Å². The predicted molar refractivity (Wildman–Crippen MR) is 121 cm³/mol. The van der Waals surface area contributed by atoms with Crippen LogP contribution in [0.15, 0.2) is 47.0 Å². The number of phenolic OH excluding ortho intramolecular Hbond substituents is 1. The van der Waals surface area contributed by atoms with Gasteiger partial charge in [0.15, 0.2) is 28.8 Å². The summed E-state index contributed by atoms with van der Waals surface area (Å²) in [5, 5.41) is 14.4. The normalized spacial score (nSPS) is 17.0. The van der Waals surface area contributed by atoms with Crippen LogP contribution >= 0.6 is 0 Å². The van der Waals surface area contributed by atoms with E-state index in [0.717, 1.165) is 49.2 Å². The summed E-state index contributed by atoms with van der Waals surface area (Å²) >= 11 is 0. The summed E-state index contributed by atoms with van der Waals surface area (Å²) in [6.07, 6.45) is 4.52. The largest absolute Gasteiger partial charge is 0.504 e. The zero-order valence-electron chi connectivity index (χ0n) is 18.8. The molecule has 32 heavy (non-hydrogen) atoms. The second-order valence-electron chi connectivity index (χ2n) is 8.03. The molecule has 1 aliphatic heterocycles. The van der Waals surface area contributed by atoms with E-state index in [1.54, 1.807) is 27.4 Å². The van der Waals surface area contributed by atoms with E-state index in [4.69, 9.17) is 18.7 Å². The van der Waals surface area contributed by atoms with Crippen molar-refractivity contribution in [1.29, 1.82) is 0 Å². The van der Waals surface area contributed by atoms with Crippen molar-refractivity contribution in [2.45, 2.75) is 38.3 Å². The van der Waals surface area contributed by atoms with E-state index in [-0.39, 0.29) is 11.8 Å². The average molecular weight is 439 g/mol.